The normalized spacial score (nSPS) is 12.7. The van der Waals surface area contributed by atoms with Crippen LogP contribution in [0.4, 0.5) is 0 Å². The third-order valence-electron chi connectivity index (χ3n) is 5.14. The number of benzene rings is 2. The molecule has 0 saturated heterocycles. The molecule has 5 aromatic rings. The summed E-state index contributed by atoms with van der Waals surface area (Å²) >= 11 is 0. The Bertz CT molecular complexity index is 1340. The summed E-state index contributed by atoms with van der Waals surface area (Å²) in [6.07, 6.45) is 3.73. The number of fused-ring (bicyclic) bond motifs is 6. The fourth-order valence-electron chi connectivity index (χ4n) is 4.01. The molecular weight excluding hydrogens is 314 g/mol. The zero-order valence-corrected chi connectivity index (χ0v) is 13.8. The molecule has 6 rings (SSSR count). The highest BCUT2D eigenvalue weighted by atomic mass is 16.5. The molecule has 0 bridgehead atoms. The average molecular weight is 328 g/mol. The quantitative estimate of drug-likeness (QED) is 0.358. The summed E-state index contributed by atoms with van der Waals surface area (Å²) in [6, 6.07) is 12.3. The molecule has 4 heteroatoms. The topological polar surface area (TPSA) is 39.4 Å². The molecule has 25 heavy (non-hydrogen) atoms. The summed E-state index contributed by atoms with van der Waals surface area (Å²) in [5.41, 5.74) is 4.33. The maximum Gasteiger partial charge on any atom is 0.298 e. The van der Waals surface area contributed by atoms with E-state index in [1.165, 1.54) is 5.56 Å². The lowest BCUT2D eigenvalue weighted by molar-refractivity contribution is -0.659. The predicted molar refractivity (Wildman–Crippen MR) is 94.9 cm³/mol. The lowest BCUT2D eigenvalue weighted by Crippen LogP contribution is -2.31. The van der Waals surface area contributed by atoms with Crippen LogP contribution in [0, 0.1) is 6.92 Å². The van der Waals surface area contributed by atoms with Crippen LogP contribution in [0.5, 0.6) is 11.5 Å². The van der Waals surface area contributed by atoms with E-state index in [4.69, 9.17) is 13.6 Å². The standard InChI is InChI=1S/C21H14NO3/c1-11-4-3-5-15-17(11)19-18-13(6-8-22(19)2)20-14(10-16(18)24-15)12-7-9-23-21(12)25-20/h3-10H,1-2H3/q+1. The van der Waals surface area contributed by atoms with E-state index in [-0.39, 0.29) is 0 Å². The van der Waals surface area contributed by atoms with Crippen molar-refractivity contribution in [2.75, 3.05) is 0 Å². The summed E-state index contributed by atoms with van der Waals surface area (Å²) in [5, 5.41) is 4.11. The first kappa shape index (κ1) is 13.1. The van der Waals surface area contributed by atoms with Gasteiger partial charge in [-0.2, -0.15) is 0 Å². The summed E-state index contributed by atoms with van der Waals surface area (Å²) in [6.45, 7) is 2.12. The van der Waals surface area contributed by atoms with Gasteiger partial charge in [0.05, 0.1) is 17.2 Å². The highest BCUT2D eigenvalue weighted by Crippen LogP contribution is 2.49. The van der Waals surface area contributed by atoms with E-state index >= 15 is 0 Å². The van der Waals surface area contributed by atoms with Gasteiger partial charge in [0.15, 0.2) is 6.20 Å². The van der Waals surface area contributed by atoms with E-state index in [0.717, 1.165) is 49.9 Å². The first-order valence-electron chi connectivity index (χ1n) is 8.25. The Labute approximate surface area is 142 Å². The average Bonchev–Trinajstić information content (AvgIpc) is 3.18. The molecule has 0 amide bonds. The van der Waals surface area contributed by atoms with Gasteiger partial charge in [-0.15, -0.1) is 0 Å². The first-order chi connectivity index (χ1) is 12.2. The van der Waals surface area contributed by atoms with Gasteiger partial charge in [0.1, 0.15) is 29.5 Å². The number of aromatic nitrogens is 1. The maximum absolute atomic E-state index is 6.30. The van der Waals surface area contributed by atoms with Gasteiger partial charge in [-0.1, -0.05) is 12.1 Å². The van der Waals surface area contributed by atoms with E-state index in [0.29, 0.717) is 5.78 Å². The molecule has 0 aliphatic carbocycles. The molecule has 1 aliphatic rings. The van der Waals surface area contributed by atoms with Crippen molar-refractivity contribution in [1.82, 2.24) is 0 Å². The fraction of sp³-hybridized carbons (Fsp3) is 0.0952. The Morgan fingerprint density at radius 2 is 1.88 bits per heavy atom. The highest BCUT2D eigenvalue weighted by Gasteiger charge is 2.31. The van der Waals surface area contributed by atoms with Gasteiger partial charge in [-0.3, -0.25) is 0 Å². The second kappa shape index (κ2) is 4.22. The highest BCUT2D eigenvalue weighted by molar-refractivity contribution is 6.19. The van der Waals surface area contributed by atoms with E-state index < -0.39 is 0 Å². The van der Waals surface area contributed by atoms with Crippen molar-refractivity contribution in [2.45, 2.75) is 6.92 Å². The minimum Gasteiger partial charge on any atom is -0.456 e. The summed E-state index contributed by atoms with van der Waals surface area (Å²) in [5.74, 6) is 2.30. The number of rotatable bonds is 0. The van der Waals surface area contributed by atoms with Crippen LogP contribution in [0.25, 0.3) is 44.2 Å². The van der Waals surface area contributed by atoms with Gasteiger partial charge in [0.2, 0.25) is 5.69 Å². The van der Waals surface area contributed by atoms with Crippen LogP contribution in [0.1, 0.15) is 5.56 Å². The molecule has 1 aliphatic heterocycles. The van der Waals surface area contributed by atoms with Crippen molar-refractivity contribution in [3.63, 3.8) is 0 Å². The largest absolute Gasteiger partial charge is 0.456 e. The van der Waals surface area contributed by atoms with Crippen molar-refractivity contribution in [1.29, 1.82) is 0 Å². The zero-order valence-electron chi connectivity index (χ0n) is 13.8. The van der Waals surface area contributed by atoms with Crippen LogP contribution in [0.15, 0.2) is 57.7 Å². The summed E-state index contributed by atoms with van der Waals surface area (Å²) in [7, 11) is 2.07. The van der Waals surface area contributed by atoms with Gasteiger partial charge in [0, 0.05) is 16.8 Å². The Hall–Kier alpha value is -3.27. The Morgan fingerprint density at radius 3 is 2.80 bits per heavy atom. The second-order valence-electron chi connectivity index (χ2n) is 6.59. The van der Waals surface area contributed by atoms with Crippen molar-refractivity contribution in [3.8, 4) is 22.8 Å². The van der Waals surface area contributed by atoms with Gasteiger partial charge in [0.25, 0.3) is 5.78 Å². The van der Waals surface area contributed by atoms with Crippen LogP contribution in [0.3, 0.4) is 0 Å². The third-order valence-corrected chi connectivity index (χ3v) is 5.14. The van der Waals surface area contributed by atoms with Gasteiger partial charge in [-0.25, -0.2) is 4.57 Å². The van der Waals surface area contributed by atoms with E-state index in [1.54, 1.807) is 6.26 Å². The molecule has 0 saturated carbocycles. The minimum absolute atomic E-state index is 0.552. The molecule has 3 aromatic heterocycles. The van der Waals surface area contributed by atoms with Crippen LogP contribution >= 0.6 is 0 Å². The number of hydrogen-bond donors (Lipinski definition) is 0. The van der Waals surface area contributed by atoms with E-state index in [9.17, 15) is 0 Å². The molecule has 0 unspecified atom stereocenters. The third kappa shape index (κ3) is 1.50. The number of aryl methyl sites for hydroxylation is 2. The lowest BCUT2D eigenvalue weighted by Gasteiger charge is -2.20. The smallest absolute Gasteiger partial charge is 0.298 e. The number of nitrogens with zero attached hydrogens (tertiary/aromatic N) is 1. The monoisotopic (exact) mass is 328 g/mol. The van der Waals surface area contributed by atoms with Gasteiger partial charge in [-0.05, 0) is 30.7 Å². The summed E-state index contributed by atoms with van der Waals surface area (Å²) < 4.78 is 19.9. The second-order valence-corrected chi connectivity index (χ2v) is 6.59. The molecule has 2 aromatic carbocycles. The van der Waals surface area contributed by atoms with Crippen molar-refractivity contribution in [3.05, 3.63) is 54.4 Å². The molecule has 0 radical (unpaired) electrons. The Balaban J connectivity index is 1.89. The number of ether oxygens (including phenoxy) is 1. The van der Waals surface area contributed by atoms with Crippen LogP contribution in [0.2, 0.25) is 0 Å². The van der Waals surface area contributed by atoms with Gasteiger partial charge >= 0.3 is 0 Å². The number of hydrogen-bond acceptors (Lipinski definition) is 3. The number of furan rings is 2. The van der Waals surface area contributed by atoms with Crippen molar-refractivity contribution < 1.29 is 18.1 Å². The van der Waals surface area contributed by atoms with Gasteiger partial charge < -0.3 is 13.6 Å². The van der Waals surface area contributed by atoms with Crippen LogP contribution < -0.4 is 9.30 Å². The molecule has 0 atom stereocenters. The molecule has 120 valence electrons. The fourth-order valence-corrected chi connectivity index (χ4v) is 4.01. The SMILES string of the molecule is Cc1cccc2c1-c1c3c(cc4c5ccoc5oc4c3cc[n+]1C)O2. The molecular formula is C21H14NO3+. The Morgan fingerprint density at radius 1 is 0.960 bits per heavy atom. The number of pyridine rings is 1. The predicted octanol–water partition coefficient (Wildman–Crippen LogP) is 5.24. The molecule has 4 nitrogen and oxygen atoms in total. The molecule has 0 fully saturated rings. The molecule has 4 heterocycles. The maximum atomic E-state index is 6.30. The zero-order chi connectivity index (χ0) is 16.7. The summed E-state index contributed by atoms with van der Waals surface area (Å²) in [4.78, 5) is 0. The molecule has 0 spiro atoms. The molecule has 0 N–H and O–H groups in total. The first-order valence-corrected chi connectivity index (χ1v) is 8.25. The van der Waals surface area contributed by atoms with E-state index in [2.05, 4.69) is 42.9 Å². The van der Waals surface area contributed by atoms with E-state index in [1.807, 2.05) is 18.2 Å². The van der Waals surface area contributed by atoms with Crippen molar-refractivity contribution >= 4 is 32.9 Å². The van der Waals surface area contributed by atoms with Crippen LogP contribution in [-0.2, 0) is 7.05 Å². The Kier molecular flexibility index (Phi) is 2.21. The minimum atomic E-state index is 0.552. The van der Waals surface area contributed by atoms with Crippen molar-refractivity contribution in [2.24, 2.45) is 7.05 Å². The lowest BCUT2D eigenvalue weighted by atomic mass is 9.95. The van der Waals surface area contributed by atoms with Crippen LogP contribution in [-0.4, -0.2) is 0 Å².